The first-order valence-electron chi connectivity index (χ1n) is 4.23. The van der Waals surface area contributed by atoms with Gasteiger partial charge in [0.05, 0.1) is 0 Å². The predicted molar refractivity (Wildman–Crippen MR) is 55.9 cm³/mol. The Morgan fingerprint density at radius 2 is 2.00 bits per heavy atom. The van der Waals surface area contributed by atoms with Crippen LogP contribution < -0.4 is 5.73 Å². The molecule has 0 radical (unpaired) electrons. The lowest BCUT2D eigenvalue weighted by atomic mass is 9.97. The van der Waals surface area contributed by atoms with Gasteiger partial charge in [-0.2, -0.15) is 0 Å². The van der Waals surface area contributed by atoms with Gasteiger partial charge in [-0.05, 0) is 29.7 Å². The monoisotopic (exact) mass is 245 g/mol. The van der Waals surface area contributed by atoms with Crippen molar-refractivity contribution in [1.82, 2.24) is 0 Å². The molecule has 2 N–H and O–H groups in total. The average molecular weight is 246 g/mol. The van der Waals surface area contributed by atoms with E-state index in [1.807, 2.05) is 13.8 Å². The third-order valence-electron chi connectivity index (χ3n) is 2.04. The Morgan fingerprint density at radius 3 is 2.54 bits per heavy atom. The largest absolute Gasteiger partial charge is 0.324 e. The summed E-state index contributed by atoms with van der Waals surface area (Å²) in [5.41, 5.74) is 6.74. The van der Waals surface area contributed by atoms with E-state index in [1.54, 1.807) is 6.07 Å². The molecule has 13 heavy (non-hydrogen) atoms. The van der Waals surface area contributed by atoms with Gasteiger partial charge < -0.3 is 5.73 Å². The normalized spacial score (nSPS) is 13.4. The van der Waals surface area contributed by atoms with E-state index < -0.39 is 0 Å². The maximum absolute atomic E-state index is 12.9. The Hall–Kier alpha value is -0.410. The lowest BCUT2D eigenvalue weighted by Gasteiger charge is -2.17. The van der Waals surface area contributed by atoms with E-state index in [4.69, 9.17) is 5.73 Å². The van der Waals surface area contributed by atoms with Crippen molar-refractivity contribution in [3.63, 3.8) is 0 Å². The van der Waals surface area contributed by atoms with Crippen LogP contribution in [0.3, 0.4) is 0 Å². The second kappa shape index (κ2) is 4.20. The predicted octanol–water partition coefficient (Wildman–Crippen LogP) is 3.24. The van der Waals surface area contributed by atoms with Crippen molar-refractivity contribution < 1.29 is 4.39 Å². The highest BCUT2D eigenvalue weighted by Crippen LogP contribution is 2.27. The molecule has 0 unspecified atom stereocenters. The Kier molecular flexibility index (Phi) is 3.45. The number of nitrogens with two attached hydrogens (primary N) is 1. The minimum Gasteiger partial charge on any atom is -0.324 e. The number of hydrogen-bond donors (Lipinski definition) is 1. The molecule has 1 aromatic carbocycles. The third-order valence-corrected chi connectivity index (χ3v) is 2.76. The van der Waals surface area contributed by atoms with Crippen LogP contribution in [0.1, 0.15) is 25.5 Å². The smallest absolute Gasteiger partial charge is 0.123 e. The Balaban J connectivity index is 3.05. The molecule has 0 aromatic heterocycles. The molecule has 0 spiro atoms. The molecule has 0 fully saturated rings. The number of rotatable bonds is 2. The van der Waals surface area contributed by atoms with Gasteiger partial charge in [-0.1, -0.05) is 29.8 Å². The zero-order chi connectivity index (χ0) is 10.0. The van der Waals surface area contributed by atoms with Gasteiger partial charge in [0.2, 0.25) is 0 Å². The van der Waals surface area contributed by atoms with Crippen molar-refractivity contribution in [2.24, 2.45) is 11.7 Å². The second-order valence-corrected chi connectivity index (χ2v) is 4.29. The van der Waals surface area contributed by atoms with Gasteiger partial charge in [0.15, 0.2) is 0 Å². The van der Waals surface area contributed by atoms with E-state index in [1.165, 1.54) is 12.1 Å². The molecule has 0 amide bonds. The summed E-state index contributed by atoms with van der Waals surface area (Å²) in [5.74, 6) is 0.0624. The summed E-state index contributed by atoms with van der Waals surface area (Å²) in [7, 11) is 0. The summed E-state index contributed by atoms with van der Waals surface area (Å²) in [6.45, 7) is 4.03. The summed E-state index contributed by atoms with van der Waals surface area (Å²) >= 11 is 3.35. The highest BCUT2D eigenvalue weighted by molar-refractivity contribution is 9.10. The lowest BCUT2D eigenvalue weighted by molar-refractivity contribution is 0.508. The molecule has 0 saturated heterocycles. The van der Waals surface area contributed by atoms with Crippen LogP contribution >= 0.6 is 15.9 Å². The van der Waals surface area contributed by atoms with Crippen LogP contribution in [0.4, 0.5) is 4.39 Å². The van der Waals surface area contributed by atoms with Gasteiger partial charge in [0.1, 0.15) is 5.82 Å². The fraction of sp³-hybridized carbons (Fsp3) is 0.400. The first-order valence-corrected chi connectivity index (χ1v) is 5.02. The average Bonchev–Trinajstić information content (AvgIpc) is 2.08. The molecule has 0 saturated carbocycles. The van der Waals surface area contributed by atoms with E-state index in [2.05, 4.69) is 15.9 Å². The van der Waals surface area contributed by atoms with E-state index in [0.717, 1.165) is 10.0 Å². The van der Waals surface area contributed by atoms with Gasteiger partial charge >= 0.3 is 0 Å². The highest BCUT2D eigenvalue weighted by Gasteiger charge is 2.13. The number of hydrogen-bond acceptors (Lipinski definition) is 1. The van der Waals surface area contributed by atoms with Gasteiger partial charge in [-0.15, -0.1) is 0 Å². The molecular weight excluding hydrogens is 233 g/mol. The molecule has 0 aliphatic heterocycles. The van der Waals surface area contributed by atoms with E-state index >= 15 is 0 Å². The maximum atomic E-state index is 12.9. The lowest BCUT2D eigenvalue weighted by Crippen LogP contribution is -2.17. The number of benzene rings is 1. The quantitative estimate of drug-likeness (QED) is 0.851. The van der Waals surface area contributed by atoms with Crippen molar-refractivity contribution in [2.45, 2.75) is 19.9 Å². The van der Waals surface area contributed by atoms with Gasteiger partial charge in [-0.3, -0.25) is 0 Å². The van der Waals surface area contributed by atoms with Crippen LogP contribution in [0.15, 0.2) is 22.7 Å². The van der Waals surface area contributed by atoms with Crippen molar-refractivity contribution in [2.75, 3.05) is 0 Å². The second-order valence-electron chi connectivity index (χ2n) is 3.44. The molecule has 1 aromatic rings. The molecule has 1 rings (SSSR count). The minimum absolute atomic E-state index is 0.120. The van der Waals surface area contributed by atoms with Crippen LogP contribution in [0, 0.1) is 11.7 Å². The molecule has 0 aliphatic carbocycles. The summed E-state index contributed by atoms with van der Waals surface area (Å²) < 4.78 is 13.8. The summed E-state index contributed by atoms with van der Waals surface area (Å²) in [4.78, 5) is 0. The minimum atomic E-state index is -0.241. The summed E-state index contributed by atoms with van der Waals surface area (Å²) in [5, 5.41) is 0. The molecule has 72 valence electrons. The van der Waals surface area contributed by atoms with E-state index in [-0.39, 0.29) is 11.9 Å². The molecule has 1 atom stereocenters. The van der Waals surface area contributed by atoms with Crippen LogP contribution in [0.2, 0.25) is 0 Å². The first-order chi connectivity index (χ1) is 6.02. The molecule has 1 nitrogen and oxygen atoms in total. The Morgan fingerprint density at radius 1 is 1.38 bits per heavy atom. The SMILES string of the molecule is CC(C)[C@@H](N)c1cc(F)ccc1Br. The van der Waals surface area contributed by atoms with Gasteiger partial charge in [0, 0.05) is 10.5 Å². The third kappa shape index (κ3) is 2.51. The van der Waals surface area contributed by atoms with Crippen LogP contribution in [-0.2, 0) is 0 Å². The summed E-state index contributed by atoms with van der Waals surface area (Å²) in [6, 6.07) is 4.47. The maximum Gasteiger partial charge on any atom is 0.123 e. The highest BCUT2D eigenvalue weighted by atomic mass is 79.9. The van der Waals surface area contributed by atoms with Gasteiger partial charge in [0.25, 0.3) is 0 Å². The molecule has 0 aliphatic rings. The number of halogens is 2. The fourth-order valence-electron chi connectivity index (χ4n) is 1.13. The van der Waals surface area contributed by atoms with Crippen LogP contribution in [-0.4, -0.2) is 0 Å². The Labute approximate surface area is 86.3 Å². The topological polar surface area (TPSA) is 26.0 Å². The summed E-state index contributed by atoms with van der Waals surface area (Å²) in [6.07, 6.45) is 0. The van der Waals surface area contributed by atoms with Crippen molar-refractivity contribution in [3.8, 4) is 0 Å². The zero-order valence-electron chi connectivity index (χ0n) is 7.72. The van der Waals surface area contributed by atoms with Crippen molar-refractivity contribution in [3.05, 3.63) is 34.1 Å². The Bertz CT molecular complexity index is 299. The van der Waals surface area contributed by atoms with Crippen LogP contribution in [0.5, 0.6) is 0 Å². The standard InChI is InChI=1S/C10H13BrFN/c1-6(2)10(13)8-5-7(12)3-4-9(8)11/h3-6,10H,13H2,1-2H3/t10-/m1/s1. The van der Waals surface area contributed by atoms with Crippen molar-refractivity contribution >= 4 is 15.9 Å². The fourth-order valence-corrected chi connectivity index (χ4v) is 1.64. The molecular formula is C10H13BrFN. The van der Waals surface area contributed by atoms with Crippen LogP contribution in [0.25, 0.3) is 0 Å². The molecule has 0 heterocycles. The zero-order valence-corrected chi connectivity index (χ0v) is 9.31. The first kappa shape index (κ1) is 10.7. The van der Waals surface area contributed by atoms with Crippen molar-refractivity contribution in [1.29, 1.82) is 0 Å². The van der Waals surface area contributed by atoms with E-state index in [9.17, 15) is 4.39 Å². The molecule has 3 heteroatoms. The van der Waals surface area contributed by atoms with E-state index in [0.29, 0.717) is 5.92 Å². The molecule has 0 bridgehead atoms. The van der Waals surface area contributed by atoms with Gasteiger partial charge in [-0.25, -0.2) is 4.39 Å².